The predicted molar refractivity (Wildman–Crippen MR) is 94.6 cm³/mol. The monoisotopic (exact) mass is 344 g/mol. The quantitative estimate of drug-likeness (QED) is 0.553. The van der Waals surface area contributed by atoms with E-state index in [2.05, 4.69) is 23.8 Å². The normalized spacial score (nSPS) is 11.1. The van der Waals surface area contributed by atoms with Crippen LogP contribution < -0.4 is 0 Å². The number of nitrogens with zero attached hydrogens (tertiary/aromatic N) is 2. The van der Waals surface area contributed by atoms with Crippen molar-refractivity contribution in [2.45, 2.75) is 31.6 Å². The van der Waals surface area contributed by atoms with Gasteiger partial charge in [-0.3, -0.25) is 0 Å². The molecule has 23 heavy (non-hydrogen) atoms. The number of fused-ring (bicyclic) bond motifs is 1. The number of thioether (sulfide) groups is 1. The summed E-state index contributed by atoms with van der Waals surface area (Å²) < 4.78 is 0. The van der Waals surface area contributed by atoms with Crippen molar-refractivity contribution in [1.82, 2.24) is 9.97 Å². The molecule has 0 amide bonds. The third kappa shape index (κ3) is 3.23. The van der Waals surface area contributed by atoms with Crippen LogP contribution in [0.25, 0.3) is 10.2 Å². The first kappa shape index (κ1) is 16.0. The Morgan fingerprint density at radius 3 is 2.78 bits per heavy atom. The molecule has 6 heteroatoms. The molecule has 0 spiro atoms. The van der Waals surface area contributed by atoms with Crippen LogP contribution in [0, 0.1) is 20.8 Å². The van der Waals surface area contributed by atoms with E-state index in [4.69, 9.17) is 5.11 Å². The number of aromatic carboxylic acids is 1. The fourth-order valence-electron chi connectivity index (χ4n) is 2.36. The molecular weight excluding hydrogens is 328 g/mol. The molecule has 0 aliphatic heterocycles. The number of carboxylic acid groups (broad SMARTS) is 1. The van der Waals surface area contributed by atoms with Crippen LogP contribution >= 0.6 is 23.1 Å². The number of hydrogen-bond donors (Lipinski definition) is 1. The Morgan fingerprint density at radius 1 is 1.26 bits per heavy atom. The predicted octanol–water partition coefficient (Wildman–Crippen LogP) is 4.61. The average Bonchev–Trinajstić information content (AvgIpc) is 2.79. The number of carboxylic acids is 1. The minimum atomic E-state index is -0.901. The van der Waals surface area contributed by atoms with Crippen LogP contribution in [0.4, 0.5) is 0 Å². The molecule has 0 atom stereocenters. The molecule has 0 fully saturated rings. The molecule has 2 heterocycles. The van der Waals surface area contributed by atoms with Gasteiger partial charge in [0.15, 0.2) is 0 Å². The number of aromatic nitrogens is 2. The first-order valence-electron chi connectivity index (χ1n) is 7.15. The summed E-state index contributed by atoms with van der Waals surface area (Å²) in [6.45, 7) is 6.10. The Kier molecular flexibility index (Phi) is 4.37. The zero-order valence-corrected chi connectivity index (χ0v) is 14.7. The number of benzene rings is 1. The summed E-state index contributed by atoms with van der Waals surface area (Å²) in [6.07, 6.45) is 0. The lowest BCUT2D eigenvalue weighted by atomic mass is 10.1. The number of thiophene rings is 1. The van der Waals surface area contributed by atoms with E-state index in [1.165, 1.54) is 10.4 Å². The molecule has 1 N–H and O–H groups in total. The van der Waals surface area contributed by atoms with Crippen LogP contribution in [0.2, 0.25) is 0 Å². The van der Waals surface area contributed by atoms with Gasteiger partial charge < -0.3 is 5.11 Å². The zero-order chi connectivity index (χ0) is 16.6. The molecule has 0 aliphatic carbocycles. The van der Waals surface area contributed by atoms with E-state index >= 15 is 0 Å². The topological polar surface area (TPSA) is 63.1 Å². The van der Waals surface area contributed by atoms with Crippen molar-refractivity contribution >= 4 is 39.3 Å². The van der Waals surface area contributed by atoms with E-state index in [0.29, 0.717) is 11.3 Å². The summed E-state index contributed by atoms with van der Waals surface area (Å²) in [6, 6.07) is 7.04. The number of aryl methyl sites for hydroxylation is 3. The van der Waals surface area contributed by atoms with Gasteiger partial charge in [0.25, 0.3) is 0 Å². The molecule has 3 rings (SSSR count). The molecular formula is C17H16N2O2S2. The molecule has 0 radical (unpaired) electrons. The van der Waals surface area contributed by atoms with E-state index in [9.17, 15) is 4.79 Å². The van der Waals surface area contributed by atoms with Crippen LogP contribution in [0.1, 0.15) is 32.2 Å². The van der Waals surface area contributed by atoms with Crippen LogP contribution in [-0.2, 0) is 5.75 Å². The van der Waals surface area contributed by atoms with Crippen LogP contribution in [0.15, 0.2) is 29.3 Å². The van der Waals surface area contributed by atoms with E-state index < -0.39 is 5.97 Å². The highest BCUT2D eigenvalue weighted by molar-refractivity contribution is 7.98. The molecule has 0 unspecified atom stereocenters. The lowest BCUT2D eigenvalue weighted by molar-refractivity contribution is 0.0697. The first-order valence-corrected chi connectivity index (χ1v) is 8.95. The molecule has 0 aliphatic rings. The minimum absolute atomic E-state index is 0.315. The summed E-state index contributed by atoms with van der Waals surface area (Å²) >= 11 is 3.32. The second-order valence-electron chi connectivity index (χ2n) is 5.33. The second kappa shape index (κ2) is 6.29. The van der Waals surface area contributed by atoms with Crippen molar-refractivity contribution in [2.24, 2.45) is 0 Å². The second-order valence-corrected chi connectivity index (χ2v) is 7.50. The highest BCUT2D eigenvalue weighted by atomic mass is 32.2. The van der Waals surface area contributed by atoms with E-state index in [-0.39, 0.29) is 0 Å². The van der Waals surface area contributed by atoms with Gasteiger partial charge in [-0.25, -0.2) is 14.8 Å². The van der Waals surface area contributed by atoms with Gasteiger partial charge in [0.05, 0.1) is 5.56 Å². The Morgan fingerprint density at radius 2 is 2.04 bits per heavy atom. The highest BCUT2D eigenvalue weighted by Gasteiger charge is 2.14. The number of hydrogen-bond acceptors (Lipinski definition) is 5. The van der Waals surface area contributed by atoms with E-state index in [1.807, 2.05) is 13.0 Å². The Balaban J connectivity index is 1.93. The Bertz CT molecular complexity index is 903. The zero-order valence-electron chi connectivity index (χ0n) is 13.1. The SMILES string of the molecule is Cc1nc(SCc2cccc(C(=O)O)c2)c2c(C)c(C)sc2n1. The van der Waals surface area contributed by atoms with Crippen LogP contribution in [-0.4, -0.2) is 21.0 Å². The van der Waals surface area contributed by atoms with Gasteiger partial charge in [-0.05, 0) is 44.0 Å². The van der Waals surface area contributed by atoms with Gasteiger partial charge in [0, 0.05) is 16.0 Å². The van der Waals surface area contributed by atoms with E-state index in [0.717, 1.165) is 26.6 Å². The first-order chi connectivity index (χ1) is 11.0. The molecule has 4 nitrogen and oxygen atoms in total. The molecule has 0 saturated carbocycles. The Hall–Kier alpha value is -1.92. The third-order valence-electron chi connectivity index (χ3n) is 3.66. The summed E-state index contributed by atoms with van der Waals surface area (Å²) in [7, 11) is 0. The summed E-state index contributed by atoms with van der Waals surface area (Å²) in [5, 5.41) is 11.2. The van der Waals surface area contributed by atoms with Crippen LogP contribution in [0.5, 0.6) is 0 Å². The molecule has 118 valence electrons. The lowest BCUT2D eigenvalue weighted by Crippen LogP contribution is -1.97. The molecule has 1 aromatic carbocycles. The fourth-order valence-corrected chi connectivity index (χ4v) is 4.58. The maximum absolute atomic E-state index is 11.1. The van der Waals surface area contributed by atoms with E-state index in [1.54, 1.807) is 41.3 Å². The van der Waals surface area contributed by atoms with Crippen molar-refractivity contribution < 1.29 is 9.90 Å². The van der Waals surface area contributed by atoms with Crippen LogP contribution in [0.3, 0.4) is 0 Å². The largest absolute Gasteiger partial charge is 0.478 e. The number of carbonyl (C=O) groups is 1. The van der Waals surface area contributed by atoms with Gasteiger partial charge in [-0.1, -0.05) is 12.1 Å². The average molecular weight is 344 g/mol. The van der Waals surface area contributed by atoms with Crippen molar-refractivity contribution in [3.05, 3.63) is 51.7 Å². The van der Waals surface area contributed by atoms with Crippen molar-refractivity contribution in [2.75, 3.05) is 0 Å². The van der Waals surface area contributed by atoms with Gasteiger partial charge in [0.2, 0.25) is 0 Å². The smallest absolute Gasteiger partial charge is 0.335 e. The minimum Gasteiger partial charge on any atom is -0.478 e. The molecule has 0 saturated heterocycles. The summed E-state index contributed by atoms with van der Waals surface area (Å²) in [4.78, 5) is 22.5. The molecule has 0 bridgehead atoms. The maximum Gasteiger partial charge on any atom is 0.335 e. The third-order valence-corrected chi connectivity index (χ3v) is 5.80. The number of rotatable bonds is 4. The van der Waals surface area contributed by atoms with Crippen molar-refractivity contribution in [1.29, 1.82) is 0 Å². The summed E-state index contributed by atoms with van der Waals surface area (Å²) in [5.74, 6) is 0.544. The Labute approximate surface area is 142 Å². The van der Waals surface area contributed by atoms with Gasteiger partial charge in [-0.2, -0.15) is 0 Å². The van der Waals surface area contributed by atoms with Gasteiger partial charge >= 0.3 is 5.97 Å². The maximum atomic E-state index is 11.1. The molecule has 2 aromatic heterocycles. The fraction of sp³-hybridized carbons (Fsp3) is 0.235. The van der Waals surface area contributed by atoms with Gasteiger partial charge in [-0.15, -0.1) is 23.1 Å². The van der Waals surface area contributed by atoms with Crippen molar-refractivity contribution in [3.63, 3.8) is 0 Å². The lowest BCUT2D eigenvalue weighted by Gasteiger charge is -2.06. The standard InChI is InChI=1S/C17H16N2O2S2/c1-9-10(2)23-16-14(9)15(18-11(3)19-16)22-8-12-5-4-6-13(7-12)17(20)21/h4-7H,8H2,1-3H3,(H,20,21). The van der Waals surface area contributed by atoms with Gasteiger partial charge in [0.1, 0.15) is 15.7 Å². The molecule has 3 aromatic rings. The van der Waals surface area contributed by atoms with Crippen molar-refractivity contribution in [3.8, 4) is 0 Å². The highest BCUT2D eigenvalue weighted by Crippen LogP contribution is 2.36. The summed E-state index contributed by atoms with van der Waals surface area (Å²) in [5.41, 5.74) is 2.52.